The van der Waals surface area contributed by atoms with Crippen LogP contribution in [0.4, 0.5) is 4.39 Å². The Hall–Kier alpha value is -3.36. The van der Waals surface area contributed by atoms with Crippen LogP contribution in [0.3, 0.4) is 0 Å². The lowest BCUT2D eigenvalue weighted by atomic mass is 10.0. The minimum Gasteiger partial charge on any atom is -0.492 e. The fourth-order valence-electron chi connectivity index (χ4n) is 3.83. The van der Waals surface area contributed by atoms with Gasteiger partial charge in [-0.05, 0) is 36.4 Å². The fourth-order valence-corrected chi connectivity index (χ4v) is 3.83. The Morgan fingerprint density at radius 3 is 2.50 bits per heavy atom. The summed E-state index contributed by atoms with van der Waals surface area (Å²) in [4.78, 5) is 25.0. The molecule has 0 spiro atoms. The van der Waals surface area contributed by atoms with Crippen molar-refractivity contribution in [2.75, 3.05) is 46.4 Å². The summed E-state index contributed by atoms with van der Waals surface area (Å²) in [5.74, 6) is 0.648. The molecule has 1 fully saturated rings. The number of rotatable bonds is 9. The monoisotopic (exact) mass is 463 g/mol. The Labute approximate surface area is 199 Å². The van der Waals surface area contributed by atoms with Crippen molar-refractivity contribution in [1.29, 1.82) is 0 Å². The molecule has 7 nitrogen and oxygen atoms in total. The van der Waals surface area contributed by atoms with Gasteiger partial charge in [-0.25, -0.2) is 14.4 Å². The minimum atomic E-state index is -0.328. The van der Waals surface area contributed by atoms with Gasteiger partial charge in [-0.1, -0.05) is 24.3 Å². The highest BCUT2D eigenvalue weighted by Gasteiger charge is 2.14. The first-order valence-electron chi connectivity index (χ1n) is 11.5. The van der Waals surface area contributed by atoms with Crippen LogP contribution in [0.1, 0.15) is 11.4 Å². The molecule has 0 radical (unpaired) electrons. The molecule has 2 heterocycles. The van der Waals surface area contributed by atoms with Gasteiger partial charge in [0.15, 0.2) is 0 Å². The number of hydrogen-bond donors (Lipinski definition) is 1. The van der Waals surface area contributed by atoms with Gasteiger partial charge in [0.2, 0.25) is 5.91 Å². The molecule has 1 N–H and O–H groups in total. The summed E-state index contributed by atoms with van der Waals surface area (Å²) in [5.41, 5.74) is 2.10. The van der Waals surface area contributed by atoms with Crippen molar-refractivity contribution in [3.05, 3.63) is 78.1 Å². The summed E-state index contributed by atoms with van der Waals surface area (Å²) in [7, 11) is 2.13. The van der Waals surface area contributed by atoms with Gasteiger partial charge in [-0.15, -0.1) is 0 Å². The summed E-state index contributed by atoms with van der Waals surface area (Å²) < 4.78 is 20.5. The zero-order valence-corrected chi connectivity index (χ0v) is 19.4. The van der Waals surface area contributed by atoms with Gasteiger partial charge in [-0.2, -0.15) is 0 Å². The fraction of sp³-hybridized carbons (Fsp3) is 0.346. The second-order valence-electron chi connectivity index (χ2n) is 8.45. The van der Waals surface area contributed by atoms with E-state index in [2.05, 4.69) is 32.1 Å². The van der Waals surface area contributed by atoms with E-state index in [1.54, 1.807) is 30.6 Å². The quantitative estimate of drug-likeness (QED) is 0.526. The van der Waals surface area contributed by atoms with Crippen molar-refractivity contribution in [2.24, 2.45) is 0 Å². The third-order valence-electron chi connectivity index (χ3n) is 5.91. The number of likely N-dealkylation sites (N-methyl/N-ethyl adjacent to an activating group) is 1. The van der Waals surface area contributed by atoms with Crippen molar-refractivity contribution in [1.82, 2.24) is 25.1 Å². The number of benzene rings is 2. The van der Waals surface area contributed by atoms with Gasteiger partial charge in [-0.3, -0.25) is 9.69 Å². The molecule has 178 valence electrons. The number of nitrogens with one attached hydrogen (secondary N) is 1. The van der Waals surface area contributed by atoms with Gasteiger partial charge >= 0.3 is 0 Å². The number of ether oxygens (including phenoxy) is 1. The van der Waals surface area contributed by atoms with Crippen molar-refractivity contribution in [2.45, 2.75) is 13.0 Å². The van der Waals surface area contributed by atoms with Crippen LogP contribution in [0.5, 0.6) is 5.75 Å². The van der Waals surface area contributed by atoms with E-state index in [1.165, 1.54) is 6.07 Å². The molecular weight excluding hydrogens is 433 g/mol. The molecule has 0 unspecified atom stereocenters. The number of halogens is 1. The molecular formula is C26H30FN5O2. The van der Waals surface area contributed by atoms with Crippen molar-refractivity contribution >= 4 is 5.91 Å². The summed E-state index contributed by atoms with van der Waals surface area (Å²) in [5, 5.41) is 2.81. The predicted octanol–water partition coefficient (Wildman–Crippen LogP) is 2.77. The molecule has 34 heavy (non-hydrogen) atoms. The predicted molar refractivity (Wildman–Crippen MR) is 129 cm³/mol. The van der Waals surface area contributed by atoms with E-state index in [0.717, 1.165) is 43.9 Å². The zero-order chi connectivity index (χ0) is 23.8. The van der Waals surface area contributed by atoms with Crippen LogP contribution >= 0.6 is 0 Å². The van der Waals surface area contributed by atoms with Crippen LogP contribution < -0.4 is 10.1 Å². The van der Waals surface area contributed by atoms with E-state index in [-0.39, 0.29) is 24.7 Å². The number of amides is 1. The van der Waals surface area contributed by atoms with Crippen LogP contribution in [-0.4, -0.2) is 72.1 Å². The summed E-state index contributed by atoms with van der Waals surface area (Å²) in [6.07, 6.45) is 3.51. The number of hydrogen-bond acceptors (Lipinski definition) is 6. The lowest BCUT2D eigenvalue weighted by Gasteiger charge is -2.32. The van der Waals surface area contributed by atoms with E-state index in [1.807, 2.05) is 24.3 Å². The topological polar surface area (TPSA) is 70.6 Å². The molecule has 1 aromatic heterocycles. The maximum atomic E-state index is 14.8. The van der Waals surface area contributed by atoms with Gasteiger partial charge in [0.05, 0.1) is 13.0 Å². The van der Waals surface area contributed by atoms with E-state index >= 15 is 0 Å². The first-order chi connectivity index (χ1) is 16.6. The molecule has 0 atom stereocenters. The summed E-state index contributed by atoms with van der Waals surface area (Å²) >= 11 is 0. The molecule has 1 amide bonds. The van der Waals surface area contributed by atoms with Gasteiger partial charge in [0.25, 0.3) is 0 Å². The van der Waals surface area contributed by atoms with Crippen LogP contribution in [0.2, 0.25) is 0 Å². The standard InChI is InChI=1S/C26H30FN5O2/c1-31-11-13-32(14-12-31)15-16-34-22-7-8-23(24(27)18-22)21-5-3-20(4-6-21)17-26(33)30-19-25-28-9-2-10-29-25/h2-10,18H,11-17,19H2,1H3,(H,30,33). The van der Waals surface area contributed by atoms with E-state index in [9.17, 15) is 9.18 Å². The SMILES string of the molecule is CN1CCN(CCOc2ccc(-c3ccc(CC(=O)NCc4ncccn4)cc3)c(F)c2)CC1. The maximum absolute atomic E-state index is 14.8. The Morgan fingerprint density at radius 1 is 1.06 bits per heavy atom. The number of carbonyl (C=O) groups excluding carboxylic acids is 1. The average molecular weight is 464 g/mol. The van der Waals surface area contributed by atoms with Crippen molar-refractivity contribution in [3.8, 4) is 16.9 Å². The first kappa shape index (κ1) is 23.8. The zero-order valence-electron chi connectivity index (χ0n) is 19.4. The molecule has 3 aromatic rings. The van der Waals surface area contributed by atoms with Gasteiger partial charge < -0.3 is 15.0 Å². The van der Waals surface area contributed by atoms with E-state index in [0.29, 0.717) is 23.7 Å². The van der Waals surface area contributed by atoms with Crippen molar-refractivity contribution in [3.63, 3.8) is 0 Å². The van der Waals surface area contributed by atoms with E-state index < -0.39 is 0 Å². The highest BCUT2D eigenvalue weighted by Crippen LogP contribution is 2.26. The number of piperazine rings is 1. The van der Waals surface area contributed by atoms with Crippen LogP contribution in [0, 0.1) is 5.82 Å². The Balaban J connectivity index is 1.26. The number of nitrogens with zero attached hydrogens (tertiary/aromatic N) is 4. The third-order valence-corrected chi connectivity index (χ3v) is 5.91. The summed E-state index contributed by atoms with van der Waals surface area (Å²) in [6.45, 7) is 5.86. The lowest BCUT2D eigenvalue weighted by Crippen LogP contribution is -2.45. The van der Waals surface area contributed by atoms with Crippen molar-refractivity contribution < 1.29 is 13.9 Å². The molecule has 0 aliphatic carbocycles. The molecule has 4 rings (SSSR count). The lowest BCUT2D eigenvalue weighted by molar-refractivity contribution is -0.120. The smallest absolute Gasteiger partial charge is 0.224 e. The highest BCUT2D eigenvalue weighted by atomic mass is 19.1. The summed E-state index contributed by atoms with van der Waals surface area (Å²) in [6, 6.07) is 14.0. The third kappa shape index (κ3) is 6.82. The molecule has 0 bridgehead atoms. The Bertz CT molecular complexity index is 1070. The molecule has 8 heteroatoms. The molecule has 2 aromatic carbocycles. The number of aromatic nitrogens is 2. The van der Waals surface area contributed by atoms with Crippen LogP contribution in [0.15, 0.2) is 60.9 Å². The average Bonchev–Trinajstić information content (AvgIpc) is 2.85. The molecule has 1 saturated heterocycles. The van der Waals surface area contributed by atoms with E-state index in [4.69, 9.17) is 4.74 Å². The second kappa shape index (κ2) is 11.7. The number of carbonyl (C=O) groups is 1. The Morgan fingerprint density at radius 2 is 1.79 bits per heavy atom. The molecule has 1 aliphatic heterocycles. The van der Waals surface area contributed by atoms with Crippen LogP contribution in [-0.2, 0) is 17.8 Å². The largest absolute Gasteiger partial charge is 0.492 e. The van der Waals surface area contributed by atoms with Gasteiger partial charge in [0.1, 0.15) is 24.0 Å². The van der Waals surface area contributed by atoms with Crippen LogP contribution in [0.25, 0.3) is 11.1 Å². The van der Waals surface area contributed by atoms with Gasteiger partial charge in [0, 0.05) is 56.7 Å². The molecule has 1 aliphatic rings. The maximum Gasteiger partial charge on any atom is 0.224 e. The Kier molecular flexibility index (Phi) is 8.17. The molecule has 0 saturated carbocycles. The minimum absolute atomic E-state index is 0.121. The first-order valence-corrected chi connectivity index (χ1v) is 11.5. The second-order valence-corrected chi connectivity index (χ2v) is 8.45. The normalized spacial score (nSPS) is 14.6. The highest BCUT2D eigenvalue weighted by molar-refractivity contribution is 5.78.